The quantitative estimate of drug-likeness (QED) is 0.707. The van der Waals surface area contributed by atoms with Crippen LogP contribution in [0.2, 0.25) is 0 Å². The Morgan fingerprint density at radius 1 is 1.33 bits per heavy atom. The SMILES string of the molecule is O=C1NCCC(=O)c2c1[nH]c1ccsc21. The van der Waals surface area contributed by atoms with Gasteiger partial charge in [-0.1, -0.05) is 0 Å². The van der Waals surface area contributed by atoms with Crippen LogP contribution < -0.4 is 5.32 Å². The molecule has 3 heterocycles. The first-order valence-electron chi connectivity index (χ1n) is 4.68. The molecule has 15 heavy (non-hydrogen) atoms. The van der Waals surface area contributed by atoms with Gasteiger partial charge in [0.25, 0.3) is 5.91 Å². The minimum atomic E-state index is -0.181. The highest BCUT2D eigenvalue weighted by atomic mass is 32.1. The highest BCUT2D eigenvalue weighted by Gasteiger charge is 2.26. The normalized spacial score (nSPS) is 16.3. The van der Waals surface area contributed by atoms with Gasteiger partial charge in [0.2, 0.25) is 0 Å². The fourth-order valence-corrected chi connectivity index (χ4v) is 2.77. The minimum Gasteiger partial charge on any atom is -0.350 e. The third-order valence-electron chi connectivity index (χ3n) is 2.55. The number of ketones is 1. The van der Waals surface area contributed by atoms with Crippen LogP contribution in [0.5, 0.6) is 0 Å². The summed E-state index contributed by atoms with van der Waals surface area (Å²) < 4.78 is 0.895. The van der Waals surface area contributed by atoms with Gasteiger partial charge >= 0.3 is 0 Å². The van der Waals surface area contributed by atoms with Gasteiger partial charge in [0.05, 0.1) is 15.8 Å². The van der Waals surface area contributed by atoms with Crippen LogP contribution in [0, 0.1) is 0 Å². The number of Topliss-reactive ketones (excluding diaryl/α,β-unsaturated/α-hetero) is 1. The molecule has 2 aromatic heterocycles. The summed E-state index contributed by atoms with van der Waals surface area (Å²) in [6, 6.07) is 1.88. The van der Waals surface area contributed by atoms with Crippen molar-refractivity contribution in [2.24, 2.45) is 0 Å². The lowest BCUT2D eigenvalue weighted by molar-refractivity contribution is 0.0952. The number of H-pyrrole nitrogens is 1. The summed E-state index contributed by atoms with van der Waals surface area (Å²) in [6.07, 6.45) is 0.379. The van der Waals surface area contributed by atoms with Gasteiger partial charge in [0.1, 0.15) is 5.69 Å². The van der Waals surface area contributed by atoms with Gasteiger partial charge in [-0.25, -0.2) is 0 Å². The van der Waals surface area contributed by atoms with Crippen molar-refractivity contribution in [1.29, 1.82) is 0 Å². The Balaban J connectivity index is 2.36. The molecule has 1 aliphatic rings. The number of aromatic nitrogens is 1. The zero-order chi connectivity index (χ0) is 10.4. The molecule has 2 N–H and O–H groups in total. The van der Waals surface area contributed by atoms with Crippen LogP contribution >= 0.6 is 11.3 Å². The maximum Gasteiger partial charge on any atom is 0.268 e. The molecule has 0 atom stereocenters. The Bertz CT molecular complexity index is 567. The minimum absolute atomic E-state index is 0.0389. The number of hydrogen-bond acceptors (Lipinski definition) is 3. The van der Waals surface area contributed by atoms with E-state index < -0.39 is 0 Å². The van der Waals surface area contributed by atoms with Crippen LogP contribution in [0.15, 0.2) is 11.4 Å². The molecule has 0 saturated heterocycles. The molecule has 4 nitrogen and oxygen atoms in total. The zero-order valence-corrected chi connectivity index (χ0v) is 8.61. The zero-order valence-electron chi connectivity index (χ0n) is 7.79. The Hall–Kier alpha value is -1.62. The molecule has 2 aromatic rings. The molecule has 0 radical (unpaired) electrons. The second-order valence-corrected chi connectivity index (χ2v) is 4.38. The maximum absolute atomic E-state index is 11.8. The van der Waals surface area contributed by atoms with E-state index in [1.54, 1.807) is 0 Å². The van der Waals surface area contributed by atoms with E-state index in [-0.39, 0.29) is 11.7 Å². The number of carbonyl (C=O) groups excluding carboxylic acids is 2. The lowest BCUT2D eigenvalue weighted by Gasteiger charge is -1.96. The number of nitrogens with one attached hydrogen (secondary N) is 2. The van der Waals surface area contributed by atoms with Gasteiger partial charge in [-0.15, -0.1) is 11.3 Å². The summed E-state index contributed by atoms with van der Waals surface area (Å²) in [5.41, 5.74) is 1.85. The predicted octanol–water partition coefficient (Wildman–Crippen LogP) is 1.55. The maximum atomic E-state index is 11.8. The third kappa shape index (κ3) is 1.13. The van der Waals surface area contributed by atoms with E-state index in [1.807, 2.05) is 11.4 Å². The second-order valence-electron chi connectivity index (χ2n) is 3.47. The molecule has 3 rings (SSSR count). The van der Waals surface area contributed by atoms with Gasteiger partial charge in [-0.2, -0.15) is 0 Å². The molecule has 1 amide bonds. The molecule has 1 aliphatic heterocycles. The topological polar surface area (TPSA) is 62.0 Å². The van der Waals surface area contributed by atoms with Crippen molar-refractivity contribution in [3.05, 3.63) is 22.7 Å². The number of rotatable bonds is 0. The van der Waals surface area contributed by atoms with Gasteiger partial charge in [0, 0.05) is 13.0 Å². The van der Waals surface area contributed by atoms with Crippen molar-refractivity contribution in [2.75, 3.05) is 6.54 Å². The number of fused-ring (bicyclic) bond motifs is 3. The van der Waals surface area contributed by atoms with Crippen molar-refractivity contribution in [3.63, 3.8) is 0 Å². The van der Waals surface area contributed by atoms with E-state index in [4.69, 9.17) is 0 Å². The molecule has 0 fully saturated rings. The molecule has 0 spiro atoms. The van der Waals surface area contributed by atoms with Crippen molar-refractivity contribution in [1.82, 2.24) is 10.3 Å². The van der Waals surface area contributed by atoms with Crippen molar-refractivity contribution >= 4 is 33.2 Å². The molecule has 0 aliphatic carbocycles. The van der Waals surface area contributed by atoms with Crippen LogP contribution in [0.3, 0.4) is 0 Å². The molecule has 0 unspecified atom stereocenters. The van der Waals surface area contributed by atoms with Crippen molar-refractivity contribution in [3.8, 4) is 0 Å². The summed E-state index contributed by atoms with van der Waals surface area (Å²) in [4.78, 5) is 26.4. The first kappa shape index (κ1) is 8.67. The Morgan fingerprint density at radius 2 is 2.20 bits per heavy atom. The first-order chi connectivity index (χ1) is 7.27. The summed E-state index contributed by atoms with van der Waals surface area (Å²) in [6.45, 7) is 0.424. The smallest absolute Gasteiger partial charge is 0.268 e. The summed E-state index contributed by atoms with van der Waals surface area (Å²) in [7, 11) is 0. The van der Waals surface area contributed by atoms with E-state index in [9.17, 15) is 9.59 Å². The average Bonchev–Trinajstić information content (AvgIpc) is 2.71. The number of amides is 1. The third-order valence-corrected chi connectivity index (χ3v) is 3.48. The molecule has 0 bridgehead atoms. The van der Waals surface area contributed by atoms with Crippen molar-refractivity contribution < 1.29 is 9.59 Å². The Kier molecular flexibility index (Phi) is 1.70. The molecular weight excluding hydrogens is 212 g/mol. The van der Waals surface area contributed by atoms with Crippen LogP contribution in [0.4, 0.5) is 0 Å². The van der Waals surface area contributed by atoms with Gasteiger partial charge in [0.15, 0.2) is 5.78 Å². The predicted molar refractivity (Wildman–Crippen MR) is 57.5 cm³/mol. The molecular formula is C10H8N2O2S. The van der Waals surface area contributed by atoms with Crippen LogP contribution in [0.1, 0.15) is 27.3 Å². The van der Waals surface area contributed by atoms with E-state index in [2.05, 4.69) is 10.3 Å². The fraction of sp³-hybridized carbons (Fsp3) is 0.200. The largest absolute Gasteiger partial charge is 0.350 e. The molecule has 0 saturated carbocycles. The number of hydrogen-bond donors (Lipinski definition) is 2. The van der Waals surface area contributed by atoms with Gasteiger partial charge in [-0.3, -0.25) is 9.59 Å². The molecule has 76 valence electrons. The lowest BCUT2D eigenvalue weighted by Crippen LogP contribution is -2.23. The average molecular weight is 220 g/mol. The van der Waals surface area contributed by atoms with Crippen molar-refractivity contribution in [2.45, 2.75) is 6.42 Å². The molecule has 0 aromatic carbocycles. The summed E-state index contributed by atoms with van der Waals surface area (Å²) in [5, 5.41) is 4.61. The van der Waals surface area contributed by atoms with Gasteiger partial charge < -0.3 is 10.3 Å². The highest BCUT2D eigenvalue weighted by Crippen LogP contribution is 2.29. The van der Waals surface area contributed by atoms with E-state index in [0.717, 1.165) is 10.2 Å². The standard InChI is InChI=1S/C10H8N2O2S/c13-6-1-3-11-10(14)8-7(6)9-5(12-8)2-4-15-9/h2,4,12H,1,3H2,(H,11,14). The van der Waals surface area contributed by atoms with Crippen LogP contribution in [-0.2, 0) is 0 Å². The highest BCUT2D eigenvalue weighted by molar-refractivity contribution is 7.17. The van der Waals surface area contributed by atoms with E-state index in [1.165, 1.54) is 11.3 Å². The van der Waals surface area contributed by atoms with Gasteiger partial charge in [-0.05, 0) is 11.4 Å². The molecule has 5 heteroatoms. The Labute approximate surface area is 89.3 Å². The Morgan fingerprint density at radius 3 is 3.07 bits per heavy atom. The van der Waals surface area contributed by atoms with Crippen LogP contribution in [0.25, 0.3) is 10.2 Å². The number of carbonyl (C=O) groups is 2. The second kappa shape index (κ2) is 2.93. The monoisotopic (exact) mass is 220 g/mol. The summed E-state index contributed by atoms with van der Waals surface area (Å²) in [5.74, 6) is -0.142. The first-order valence-corrected chi connectivity index (χ1v) is 5.56. The van der Waals surface area contributed by atoms with E-state index >= 15 is 0 Å². The summed E-state index contributed by atoms with van der Waals surface area (Å²) >= 11 is 1.49. The number of thiophene rings is 1. The van der Waals surface area contributed by atoms with E-state index in [0.29, 0.717) is 24.2 Å². The fourth-order valence-electron chi connectivity index (χ4n) is 1.85. The van der Waals surface area contributed by atoms with Crippen LogP contribution in [-0.4, -0.2) is 23.2 Å². The lowest BCUT2D eigenvalue weighted by atomic mass is 10.1. The number of aromatic amines is 1.